The molecular formula is C19H33NO5. The van der Waals surface area contributed by atoms with Crippen LogP contribution in [-0.4, -0.2) is 41.5 Å². The summed E-state index contributed by atoms with van der Waals surface area (Å²) in [5.41, 5.74) is -0.573. The summed E-state index contributed by atoms with van der Waals surface area (Å²) in [5.74, 6) is -1.50. The lowest BCUT2D eigenvalue weighted by Crippen LogP contribution is -2.41. The average molecular weight is 355 g/mol. The Morgan fingerprint density at radius 3 is 2.20 bits per heavy atom. The number of rotatable bonds is 12. The SMILES string of the molecule is C=CCC[C@@H](OCC(C)NC(=O)OC(C)(C)C)[C@@H](CCC=C)C(=O)O. The first-order valence-electron chi connectivity index (χ1n) is 8.66. The standard InChI is InChI=1S/C19H33NO5/c1-7-9-11-15(17(21)22)16(12-10-8-2)24-13-14(3)20-18(23)25-19(4,5)6/h7-8,14-16H,1-2,9-13H2,3-6H3,(H,20,23)(H,21,22)/t14?,15-,16-/m1/s1. The Bertz CT molecular complexity index is 442. The van der Waals surface area contributed by atoms with Gasteiger partial charge < -0.3 is 19.9 Å². The van der Waals surface area contributed by atoms with E-state index in [1.807, 2.05) is 0 Å². The molecule has 1 unspecified atom stereocenters. The number of carbonyl (C=O) groups excluding carboxylic acids is 1. The van der Waals surface area contributed by atoms with Crippen molar-refractivity contribution in [1.82, 2.24) is 5.32 Å². The maximum atomic E-state index is 11.8. The number of ether oxygens (including phenoxy) is 2. The quantitative estimate of drug-likeness (QED) is 0.518. The molecule has 25 heavy (non-hydrogen) atoms. The topological polar surface area (TPSA) is 84.9 Å². The Hall–Kier alpha value is -1.82. The van der Waals surface area contributed by atoms with E-state index in [1.54, 1.807) is 39.8 Å². The van der Waals surface area contributed by atoms with Crippen molar-refractivity contribution >= 4 is 12.1 Å². The number of carboxylic acid groups (broad SMARTS) is 1. The second-order valence-corrected chi connectivity index (χ2v) is 7.10. The van der Waals surface area contributed by atoms with Crippen LogP contribution in [-0.2, 0) is 14.3 Å². The number of hydrogen-bond donors (Lipinski definition) is 2. The zero-order valence-electron chi connectivity index (χ0n) is 15.9. The van der Waals surface area contributed by atoms with E-state index in [1.165, 1.54) is 0 Å². The van der Waals surface area contributed by atoms with Gasteiger partial charge in [0.2, 0.25) is 0 Å². The molecule has 0 aliphatic rings. The van der Waals surface area contributed by atoms with Crippen molar-refractivity contribution in [2.24, 2.45) is 5.92 Å². The summed E-state index contributed by atoms with van der Waals surface area (Å²) in [5, 5.41) is 12.2. The van der Waals surface area contributed by atoms with Gasteiger partial charge in [0.15, 0.2) is 0 Å². The maximum Gasteiger partial charge on any atom is 0.407 e. The molecule has 0 fully saturated rings. The predicted octanol–water partition coefficient (Wildman–Crippen LogP) is 3.92. The highest BCUT2D eigenvalue weighted by Gasteiger charge is 2.28. The van der Waals surface area contributed by atoms with Crippen molar-refractivity contribution in [3.8, 4) is 0 Å². The number of allylic oxidation sites excluding steroid dienone is 2. The summed E-state index contributed by atoms with van der Waals surface area (Å²) in [6.45, 7) is 14.7. The lowest BCUT2D eigenvalue weighted by Gasteiger charge is -2.26. The molecule has 2 N–H and O–H groups in total. The number of alkyl carbamates (subject to hydrolysis) is 1. The van der Waals surface area contributed by atoms with E-state index < -0.39 is 29.7 Å². The Morgan fingerprint density at radius 2 is 1.72 bits per heavy atom. The number of aliphatic carboxylic acids is 1. The van der Waals surface area contributed by atoms with E-state index >= 15 is 0 Å². The molecule has 0 heterocycles. The summed E-state index contributed by atoms with van der Waals surface area (Å²) in [4.78, 5) is 23.3. The minimum atomic E-state index is -0.885. The van der Waals surface area contributed by atoms with Gasteiger partial charge in [0.25, 0.3) is 0 Å². The lowest BCUT2D eigenvalue weighted by molar-refractivity contribution is -0.148. The van der Waals surface area contributed by atoms with Gasteiger partial charge in [-0.15, -0.1) is 13.2 Å². The monoisotopic (exact) mass is 355 g/mol. The van der Waals surface area contributed by atoms with Gasteiger partial charge in [-0.05, 0) is 53.4 Å². The second-order valence-electron chi connectivity index (χ2n) is 7.10. The minimum absolute atomic E-state index is 0.207. The largest absolute Gasteiger partial charge is 0.481 e. The summed E-state index contributed by atoms with van der Waals surface area (Å²) < 4.78 is 11.0. The highest BCUT2D eigenvalue weighted by Crippen LogP contribution is 2.20. The lowest BCUT2D eigenvalue weighted by atomic mass is 9.93. The molecule has 0 aromatic carbocycles. The molecule has 0 bridgehead atoms. The van der Waals surface area contributed by atoms with Crippen molar-refractivity contribution in [3.05, 3.63) is 25.3 Å². The van der Waals surface area contributed by atoms with Crippen molar-refractivity contribution in [3.63, 3.8) is 0 Å². The summed E-state index contributed by atoms with van der Waals surface area (Å²) in [7, 11) is 0. The molecule has 1 amide bonds. The Balaban J connectivity index is 4.68. The maximum absolute atomic E-state index is 11.8. The molecule has 0 aliphatic heterocycles. The van der Waals surface area contributed by atoms with Gasteiger partial charge >= 0.3 is 12.1 Å². The third kappa shape index (κ3) is 11.4. The highest BCUT2D eigenvalue weighted by atomic mass is 16.6. The van der Waals surface area contributed by atoms with Crippen LogP contribution in [0.3, 0.4) is 0 Å². The number of carbonyl (C=O) groups is 2. The normalized spacial score (nSPS) is 14.9. The molecule has 144 valence electrons. The van der Waals surface area contributed by atoms with E-state index in [-0.39, 0.29) is 12.6 Å². The number of amides is 1. The van der Waals surface area contributed by atoms with Gasteiger partial charge in [-0.3, -0.25) is 4.79 Å². The van der Waals surface area contributed by atoms with Crippen LogP contribution < -0.4 is 5.32 Å². The molecule has 0 spiro atoms. The predicted molar refractivity (Wildman–Crippen MR) is 98.6 cm³/mol. The van der Waals surface area contributed by atoms with Gasteiger partial charge in [-0.2, -0.15) is 0 Å². The summed E-state index contributed by atoms with van der Waals surface area (Å²) in [6.07, 6.45) is 4.78. The molecule has 0 aromatic rings. The van der Waals surface area contributed by atoms with Crippen LogP contribution in [0.1, 0.15) is 53.4 Å². The molecule has 0 aliphatic carbocycles. The average Bonchev–Trinajstić information content (AvgIpc) is 2.46. The van der Waals surface area contributed by atoms with Crippen LogP contribution in [0.4, 0.5) is 4.79 Å². The van der Waals surface area contributed by atoms with Crippen LogP contribution in [0.15, 0.2) is 25.3 Å². The Labute approximate surface area is 151 Å². The zero-order valence-corrected chi connectivity index (χ0v) is 15.9. The van der Waals surface area contributed by atoms with Crippen LogP contribution in [0, 0.1) is 5.92 Å². The Morgan fingerprint density at radius 1 is 1.16 bits per heavy atom. The van der Waals surface area contributed by atoms with Crippen molar-refractivity contribution in [2.75, 3.05) is 6.61 Å². The smallest absolute Gasteiger partial charge is 0.407 e. The fourth-order valence-electron chi connectivity index (χ4n) is 2.27. The number of nitrogens with one attached hydrogen (secondary N) is 1. The minimum Gasteiger partial charge on any atom is -0.481 e. The van der Waals surface area contributed by atoms with Gasteiger partial charge in [0.05, 0.1) is 24.7 Å². The van der Waals surface area contributed by atoms with E-state index in [4.69, 9.17) is 9.47 Å². The third-order valence-corrected chi connectivity index (χ3v) is 3.43. The van der Waals surface area contributed by atoms with Gasteiger partial charge in [-0.1, -0.05) is 12.2 Å². The molecule has 0 saturated carbocycles. The highest BCUT2D eigenvalue weighted by molar-refractivity contribution is 5.70. The van der Waals surface area contributed by atoms with Crippen LogP contribution >= 0.6 is 0 Å². The fraction of sp³-hybridized carbons (Fsp3) is 0.684. The molecule has 0 aromatic heterocycles. The second kappa shape index (κ2) is 11.7. The van der Waals surface area contributed by atoms with E-state index in [9.17, 15) is 14.7 Å². The first-order valence-corrected chi connectivity index (χ1v) is 8.66. The van der Waals surface area contributed by atoms with Crippen molar-refractivity contribution < 1.29 is 24.2 Å². The first-order chi connectivity index (χ1) is 11.6. The van der Waals surface area contributed by atoms with Gasteiger partial charge in [-0.25, -0.2) is 4.79 Å². The molecule has 6 nitrogen and oxygen atoms in total. The van der Waals surface area contributed by atoms with Gasteiger partial charge in [0.1, 0.15) is 5.60 Å². The fourth-order valence-corrected chi connectivity index (χ4v) is 2.27. The first kappa shape index (κ1) is 23.2. The summed E-state index contributed by atoms with van der Waals surface area (Å²) in [6, 6.07) is -0.296. The molecule has 3 atom stereocenters. The summed E-state index contributed by atoms with van der Waals surface area (Å²) >= 11 is 0. The molecule has 0 saturated heterocycles. The van der Waals surface area contributed by atoms with Crippen molar-refractivity contribution in [2.45, 2.75) is 71.1 Å². The molecular weight excluding hydrogens is 322 g/mol. The molecule has 0 rings (SSSR count). The zero-order chi connectivity index (χ0) is 19.5. The van der Waals surface area contributed by atoms with E-state index in [2.05, 4.69) is 18.5 Å². The van der Waals surface area contributed by atoms with Crippen LogP contribution in [0.5, 0.6) is 0 Å². The van der Waals surface area contributed by atoms with E-state index in [0.717, 1.165) is 0 Å². The van der Waals surface area contributed by atoms with E-state index in [0.29, 0.717) is 25.7 Å². The third-order valence-electron chi connectivity index (χ3n) is 3.43. The Kier molecular flexibility index (Phi) is 10.8. The molecule has 6 heteroatoms. The van der Waals surface area contributed by atoms with Crippen LogP contribution in [0.25, 0.3) is 0 Å². The van der Waals surface area contributed by atoms with Crippen molar-refractivity contribution in [1.29, 1.82) is 0 Å². The van der Waals surface area contributed by atoms with Crippen LogP contribution in [0.2, 0.25) is 0 Å². The number of hydrogen-bond acceptors (Lipinski definition) is 4. The molecule has 0 radical (unpaired) electrons. The van der Waals surface area contributed by atoms with Gasteiger partial charge in [0, 0.05) is 0 Å². The number of carboxylic acids is 1.